The monoisotopic (exact) mass is 155 g/mol. The molecule has 0 aromatic carbocycles. The van der Waals surface area contributed by atoms with Crippen LogP contribution in [0.3, 0.4) is 0 Å². The Hall–Kier alpha value is 0. The van der Waals surface area contributed by atoms with Crippen LogP contribution in [-0.4, -0.2) is 0 Å². The molecule has 0 heteroatoms. The molecule has 1 radical (unpaired) electrons. The maximum absolute atomic E-state index is 2.35. The van der Waals surface area contributed by atoms with Crippen LogP contribution in [-0.2, 0) is 0 Å². The van der Waals surface area contributed by atoms with E-state index in [9.17, 15) is 0 Å². The fourth-order valence-corrected chi connectivity index (χ4v) is 2.06. The standard InChI is InChI=1S/C11H23/c1-7-8-11(5,6)9-10(2,3)4/h7H,8-9H2,1-6H3. The van der Waals surface area contributed by atoms with Crippen LogP contribution in [0.2, 0.25) is 0 Å². The van der Waals surface area contributed by atoms with Gasteiger partial charge in [0.2, 0.25) is 0 Å². The van der Waals surface area contributed by atoms with Crippen molar-refractivity contribution in [1.82, 2.24) is 0 Å². The second-order valence-corrected chi connectivity index (χ2v) is 5.51. The lowest BCUT2D eigenvalue weighted by molar-refractivity contribution is 0.210. The Morgan fingerprint density at radius 2 is 1.45 bits per heavy atom. The summed E-state index contributed by atoms with van der Waals surface area (Å²) in [5.74, 6) is 0. The van der Waals surface area contributed by atoms with Crippen LogP contribution in [0, 0.1) is 17.3 Å². The number of hydrogen-bond acceptors (Lipinski definition) is 0. The van der Waals surface area contributed by atoms with Crippen molar-refractivity contribution in [3.05, 3.63) is 6.42 Å². The molecule has 0 amide bonds. The van der Waals surface area contributed by atoms with Gasteiger partial charge in [0.1, 0.15) is 0 Å². The molecular weight excluding hydrogens is 132 g/mol. The summed E-state index contributed by atoms with van der Waals surface area (Å²) in [5.41, 5.74) is 0.944. The van der Waals surface area contributed by atoms with Crippen molar-refractivity contribution in [1.29, 1.82) is 0 Å². The van der Waals surface area contributed by atoms with Crippen LogP contribution in [0.25, 0.3) is 0 Å². The Morgan fingerprint density at radius 3 is 1.73 bits per heavy atom. The highest BCUT2D eigenvalue weighted by Crippen LogP contribution is 2.35. The third-order valence-electron chi connectivity index (χ3n) is 1.77. The topological polar surface area (TPSA) is 0 Å². The first-order chi connectivity index (χ1) is 4.77. The van der Waals surface area contributed by atoms with Crippen molar-refractivity contribution in [3.8, 4) is 0 Å². The van der Waals surface area contributed by atoms with Crippen LogP contribution in [0.5, 0.6) is 0 Å². The molecule has 0 rings (SSSR count). The predicted octanol–water partition coefficient (Wildman–Crippen LogP) is 4.06. The van der Waals surface area contributed by atoms with E-state index < -0.39 is 0 Å². The predicted molar refractivity (Wildman–Crippen MR) is 52.4 cm³/mol. The van der Waals surface area contributed by atoms with Gasteiger partial charge in [0, 0.05) is 0 Å². The number of rotatable bonds is 3. The molecule has 0 aliphatic rings. The summed E-state index contributed by atoms with van der Waals surface area (Å²) < 4.78 is 0. The van der Waals surface area contributed by atoms with Crippen molar-refractivity contribution in [3.63, 3.8) is 0 Å². The largest absolute Gasteiger partial charge is 0.0622 e. The zero-order valence-corrected chi connectivity index (χ0v) is 8.99. The Morgan fingerprint density at radius 1 is 1.00 bits per heavy atom. The highest BCUT2D eigenvalue weighted by molar-refractivity contribution is 4.79. The second kappa shape index (κ2) is 3.60. The average molecular weight is 155 g/mol. The van der Waals surface area contributed by atoms with E-state index in [4.69, 9.17) is 0 Å². The summed E-state index contributed by atoms with van der Waals surface area (Å²) >= 11 is 0. The van der Waals surface area contributed by atoms with Crippen LogP contribution in [0.4, 0.5) is 0 Å². The van der Waals surface area contributed by atoms with Gasteiger partial charge in [-0.2, -0.15) is 0 Å². The summed E-state index contributed by atoms with van der Waals surface area (Å²) in [6, 6.07) is 0. The second-order valence-electron chi connectivity index (χ2n) is 5.51. The maximum atomic E-state index is 2.35. The maximum Gasteiger partial charge on any atom is -0.0347 e. The molecule has 0 bridgehead atoms. The van der Waals surface area contributed by atoms with Gasteiger partial charge in [0.05, 0.1) is 0 Å². The third kappa shape index (κ3) is 6.40. The van der Waals surface area contributed by atoms with Crippen LogP contribution in [0.1, 0.15) is 54.4 Å². The van der Waals surface area contributed by atoms with Gasteiger partial charge in [0.25, 0.3) is 0 Å². The van der Waals surface area contributed by atoms with Gasteiger partial charge in [-0.15, -0.1) is 0 Å². The van der Waals surface area contributed by atoms with Gasteiger partial charge in [0.15, 0.2) is 0 Å². The van der Waals surface area contributed by atoms with Crippen molar-refractivity contribution in [2.24, 2.45) is 10.8 Å². The molecule has 0 heterocycles. The first kappa shape index (κ1) is 11.0. The Bertz CT molecular complexity index is 104. The molecule has 11 heavy (non-hydrogen) atoms. The number of hydrogen-bond donors (Lipinski definition) is 0. The third-order valence-corrected chi connectivity index (χ3v) is 1.77. The van der Waals surface area contributed by atoms with Crippen LogP contribution >= 0.6 is 0 Å². The van der Waals surface area contributed by atoms with Crippen molar-refractivity contribution >= 4 is 0 Å². The van der Waals surface area contributed by atoms with E-state index in [1.54, 1.807) is 0 Å². The van der Waals surface area contributed by atoms with E-state index in [1.807, 2.05) is 0 Å². The molecule has 0 N–H and O–H groups in total. The lowest BCUT2D eigenvalue weighted by Gasteiger charge is -2.32. The SMILES string of the molecule is C[CH]CC(C)(C)CC(C)(C)C. The fourth-order valence-electron chi connectivity index (χ4n) is 2.06. The van der Waals surface area contributed by atoms with Gasteiger partial charge in [-0.25, -0.2) is 0 Å². The van der Waals surface area contributed by atoms with Gasteiger partial charge >= 0.3 is 0 Å². The van der Waals surface area contributed by atoms with Gasteiger partial charge < -0.3 is 0 Å². The minimum absolute atomic E-state index is 0.465. The highest BCUT2D eigenvalue weighted by atomic mass is 14.3. The molecule has 0 aromatic heterocycles. The molecule has 0 saturated heterocycles. The van der Waals surface area contributed by atoms with Gasteiger partial charge in [-0.3, -0.25) is 0 Å². The highest BCUT2D eigenvalue weighted by Gasteiger charge is 2.24. The van der Waals surface area contributed by atoms with E-state index in [0.29, 0.717) is 10.8 Å². The first-order valence-corrected chi connectivity index (χ1v) is 4.55. The molecule has 0 aliphatic carbocycles. The van der Waals surface area contributed by atoms with Gasteiger partial charge in [-0.1, -0.05) is 41.5 Å². The van der Waals surface area contributed by atoms with E-state index >= 15 is 0 Å². The Balaban J connectivity index is 3.91. The smallest absolute Gasteiger partial charge is 0.0347 e. The molecule has 0 fully saturated rings. The van der Waals surface area contributed by atoms with Crippen molar-refractivity contribution < 1.29 is 0 Å². The summed E-state index contributed by atoms with van der Waals surface area (Å²) in [6.45, 7) is 13.8. The summed E-state index contributed by atoms with van der Waals surface area (Å²) in [7, 11) is 0. The molecule has 0 atom stereocenters. The minimum Gasteiger partial charge on any atom is -0.0622 e. The van der Waals surface area contributed by atoms with Crippen molar-refractivity contribution in [2.75, 3.05) is 0 Å². The molecule has 0 aromatic rings. The van der Waals surface area contributed by atoms with Crippen molar-refractivity contribution in [2.45, 2.75) is 54.4 Å². The molecule has 0 unspecified atom stereocenters. The van der Waals surface area contributed by atoms with Gasteiger partial charge in [-0.05, 0) is 30.1 Å². The Kier molecular flexibility index (Phi) is 3.60. The lowest BCUT2D eigenvalue weighted by Crippen LogP contribution is -2.20. The van der Waals surface area contributed by atoms with E-state index in [2.05, 4.69) is 48.0 Å². The summed E-state index contributed by atoms with van der Waals surface area (Å²) in [5, 5.41) is 0. The van der Waals surface area contributed by atoms with Crippen LogP contribution < -0.4 is 0 Å². The van der Waals surface area contributed by atoms with Crippen LogP contribution in [0.15, 0.2) is 0 Å². The Labute approximate surface area is 72.4 Å². The first-order valence-electron chi connectivity index (χ1n) is 4.55. The van der Waals surface area contributed by atoms with E-state index in [0.717, 1.165) is 0 Å². The van der Waals surface area contributed by atoms with E-state index in [-0.39, 0.29) is 0 Å². The van der Waals surface area contributed by atoms with E-state index in [1.165, 1.54) is 12.8 Å². The normalized spacial score (nSPS) is 13.6. The average Bonchev–Trinajstić information content (AvgIpc) is 1.55. The summed E-state index contributed by atoms with van der Waals surface area (Å²) in [6.07, 6.45) is 4.79. The molecule has 67 valence electrons. The zero-order valence-electron chi connectivity index (χ0n) is 8.99. The molecule has 0 saturated carbocycles. The summed E-state index contributed by atoms with van der Waals surface area (Å²) in [4.78, 5) is 0. The molecular formula is C11H23. The molecule has 0 aliphatic heterocycles. The molecule has 0 nitrogen and oxygen atoms in total. The minimum atomic E-state index is 0.465. The fraction of sp³-hybridized carbons (Fsp3) is 0.909. The lowest BCUT2D eigenvalue weighted by atomic mass is 9.74. The quantitative estimate of drug-likeness (QED) is 0.576. The zero-order chi connectivity index (χ0) is 9.12. The molecule has 0 spiro atoms.